The molecule has 2 aromatic carbocycles. The van der Waals surface area contributed by atoms with Crippen LogP contribution >= 0.6 is 23.4 Å². The van der Waals surface area contributed by atoms with Gasteiger partial charge in [-0.1, -0.05) is 29.8 Å². The summed E-state index contributed by atoms with van der Waals surface area (Å²) >= 11 is 6.68. The first-order valence-corrected chi connectivity index (χ1v) is 10.9. The van der Waals surface area contributed by atoms with Crippen LogP contribution in [0.3, 0.4) is 0 Å². The van der Waals surface area contributed by atoms with Crippen molar-refractivity contribution in [3.63, 3.8) is 0 Å². The van der Waals surface area contributed by atoms with Crippen molar-refractivity contribution in [3.05, 3.63) is 64.0 Å². The number of carbonyl (C=O) groups excluding carboxylic acids is 3. The van der Waals surface area contributed by atoms with E-state index < -0.39 is 11.1 Å². The molecule has 31 heavy (non-hydrogen) atoms. The molecule has 0 unspecified atom stereocenters. The highest BCUT2D eigenvalue weighted by molar-refractivity contribution is 8.18. The lowest BCUT2D eigenvalue weighted by atomic mass is 10.2. The Morgan fingerprint density at radius 2 is 1.77 bits per heavy atom. The van der Waals surface area contributed by atoms with Crippen molar-refractivity contribution in [1.82, 2.24) is 9.80 Å². The molecule has 2 heterocycles. The number of piperazine rings is 1. The number of halogens is 1. The Balaban J connectivity index is 1.39. The molecule has 0 atom stereocenters. The molecular formula is C22H20ClN3O4S. The molecule has 2 fully saturated rings. The zero-order chi connectivity index (χ0) is 22.0. The monoisotopic (exact) mass is 457 g/mol. The van der Waals surface area contributed by atoms with Gasteiger partial charge in [-0.25, -0.2) is 0 Å². The van der Waals surface area contributed by atoms with E-state index in [0.717, 1.165) is 22.3 Å². The van der Waals surface area contributed by atoms with Crippen molar-refractivity contribution in [2.75, 3.05) is 37.6 Å². The lowest BCUT2D eigenvalue weighted by Crippen LogP contribution is -2.51. The molecule has 0 aromatic heterocycles. The molecule has 2 aromatic rings. The minimum atomic E-state index is -0.550. The number of rotatable bonds is 4. The summed E-state index contributed by atoms with van der Waals surface area (Å²) in [6.45, 7) is 2.12. The molecule has 2 aliphatic rings. The Hall–Kier alpha value is -2.97. The first-order valence-electron chi connectivity index (χ1n) is 9.74. The van der Waals surface area contributed by atoms with Gasteiger partial charge in [0, 0.05) is 42.5 Å². The average molecular weight is 458 g/mol. The third kappa shape index (κ3) is 4.70. The molecule has 0 spiro atoms. The van der Waals surface area contributed by atoms with Gasteiger partial charge in [-0.05, 0) is 48.2 Å². The van der Waals surface area contributed by atoms with Crippen LogP contribution in [0.25, 0.3) is 6.08 Å². The van der Waals surface area contributed by atoms with E-state index in [1.807, 2.05) is 30.3 Å². The molecule has 3 amide bonds. The summed E-state index contributed by atoms with van der Waals surface area (Å²) in [5, 5.41) is 9.84. The van der Waals surface area contributed by atoms with Gasteiger partial charge in [-0.3, -0.25) is 19.3 Å². The van der Waals surface area contributed by atoms with Crippen molar-refractivity contribution in [2.24, 2.45) is 0 Å². The Bertz CT molecular complexity index is 1050. The van der Waals surface area contributed by atoms with E-state index in [-0.39, 0.29) is 23.1 Å². The summed E-state index contributed by atoms with van der Waals surface area (Å²) in [5.41, 5.74) is 1.44. The van der Waals surface area contributed by atoms with Crippen LogP contribution in [0, 0.1) is 0 Å². The van der Waals surface area contributed by atoms with E-state index in [1.165, 1.54) is 24.3 Å². The normalized spacial score (nSPS) is 18.2. The van der Waals surface area contributed by atoms with Crippen LogP contribution in [-0.4, -0.2) is 64.7 Å². The number of carbonyl (C=O) groups is 3. The Morgan fingerprint density at radius 1 is 1.06 bits per heavy atom. The van der Waals surface area contributed by atoms with E-state index in [2.05, 4.69) is 4.90 Å². The molecule has 0 saturated carbocycles. The number of aromatic hydroxyl groups is 1. The highest BCUT2D eigenvalue weighted by Gasteiger charge is 2.37. The molecule has 0 bridgehead atoms. The first-order chi connectivity index (χ1) is 14.9. The van der Waals surface area contributed by atoms with Crippen LogP contribution in [0.1, 0.15) is 5.56 Å². The zero-order valence-electron chi connectivity index (χ0n) is 16.5. The van der Waals surface area contributed by atoms with Gasteiger partial charge in [0.15, 0.2) is 0 Å². The number of nitrogens with zero attached hydrogens (tertiary/aromatic N) is 3. The Kier molecular flexibility index (Phi) is 6.20. The van der Waals surface area contributed by atoms with Crippen molar-refractivity contribution in [3.8, 4) is 5.75 Å². The molecular weight excluding hydrogens is 438 g/mol. The predicted octanol–water partition coefficient (Wildman–Crippen LogP) is 3.43. The van der Waals surface area contributed by atoms with Gasteiger partial charge in [0.2, 0.25) is 5.91 Å². The largest absolute Gasteiger partial charge is 0.507 e. The average Bonchev–Trinajstić information content (AvgIpc) is 3.04. The van der Waals surface area contributed by atoms with Crippen LogP contribution in [0.5, 0.6) is 5.75 Å². The van der Waals surface area contributed by atoms with Crippen LogP contribution in [0.15, 0.2) is 53.4 Å². The molecule has 1 N–H and O–H groups in total. The number of hydrogen-bond acceptors (Lipinski definition) is 6. The highest BCUT2D eigenvalue weighted by Crippen LogP contribution is 2.34. The Labute approximate surface area is 188 Å². The van der Waals surface area contributed by atoms with Gasteiger partial charge in [0.05, 0.1) is 4.91 Å². The van der Waals surface area contributed by atoms with Gasteiger partial charge >= 0.3 is 0 Å². The fourth-order valence-corrected chi connectivity index (χ4v) is 4.52. The standard InChI is InChI=1S/C22H20ClN3O4S/c23-16-6-7-18(27)15(12-16)13-19-21(29)26(22(30)31-19)14-20(28)25-10-8-24(9-11-25)17-4-2-1-3-5-17/h1-7,12-13,27H,8-11,14H2/b19-13-. The maximum atomic E-state index is 12.7. The fourth-order valence-electron chi connectivity index (χ4n) is 3.51. The van der Waals surface area contributed by atoms with Gasteiger partial charge in [0.25, 0.3) is 11.1 Å². The van der Waals surface area contributed by atoms with Crippen molar-refractivity contribution < 1.29 is 19.5 Å². The molecule has 4 rings (SSSR count). The first kappa shape index (κ1) is 21.3. The minimum Gasteiger partial charge on any atom is -0.507 e. The van der Waals surface area contributed by atoms with E-state index in [4.69, 9.17) is 11.6 Å². The zero-order valence-corrected chi connectivity index (χ0v) is 18.1. The number of anilines is 1. The predicted molar refractivity (Wildman–Crippen MR) is 121 cm³/mol. The van der Waals surface area contributed by atoms with E-state index >= 15 is 0 Å². The van der Waals surface area contributed by atoms with Crippen molar-refractivity contribution in [2.45, 2.75) is 0 Å². The second-order valence-corrected chi connectivity index (χ2v) is 8.60. The van der Waals surface area contributed by atoms with Gasteiger partial charge in [-0.15, -0.1) is 0 Å². The number of phenols is 1. The summed E-state index contributed by atoms with van der Waals surface area (Å²) < 4.78 is 0. The number of benzene rings is 2. The highest BCUT2D eigenvalue weighted by atomic mass is 35.5. The second-order valence-electron chi connectivity index (χ2n) is 7.17. The third-order valence-corrected chi connectivity index (χ3v) is 6.34. The number of phenolic OH excluding ortho intramolecular Hbond substituents is 1. The number of para-hydroxylation sites is 1. The molecule has 7 nitrogen and oxygen atoms in total. The Morgan fingerprint density at radius 3 is 2.48 bits per heavy atom. The van der Waals surface area contributed by atoms with E-state index in [9.17, 15) is 19.5 Å². The van der Waals surface area contributed by atoms with Crippen LogP contribution in [-0.2, 0) is 9.59 Å². The SMILES string of the molecule is O=C(CN1C(=O)S/C(=C\c2cc(Cl)ccc2O)C1=O)N1CCN(c2ccccc2)CC1. The van der Waals surface area contributed by atoms with Crippen LogP contribution < -0.4 is 4.90 Å². The van der Waals surface area contributed by atoms with Crippen molar-refractivity contribution >= 4 is 52.2 Å². The summed E-state index contributed by atoms with van der Waals surface area (Å²) in [6.07, 6.45) is 1.41. The third-order valence-electron chi connectivity index (χ3n) is 5.20. The molecule has 2 aliphatic heterocycles. The van der Waals surface area contributed by atoms with Gasteiger partial charge in [0.1, 0.15) is 12.3 Å². The molecule has 0 radical (unpaired) electrons. The lowest BCUT2D eigenvalue weighted by Gasteiger charge is -2.36. The summed E-state index contributed by atoms with van der Waals surface area (Å²) in [4.78, 5) is 42.7. The van der Waals surface area contributed by atoms with Gasteiger partial charge in [-0.2, -0.15) is 0 Å². The summed E-state index contributed by atoms with van der Waals surface area (Å²) in [6, 6.07) is 14.4. The fraction of sp³-hybridized carbons (Fsp3) is 0.227. The molecule has 0 aliphatic carbocycles. The number of thioether (sulfide) groups is 1. The second kappa shape index (κ2) is 9.03. The van der Waals surface area contributed by atoms with Crippen LogP contribution in [0.4, 0.5) is 10.5 Å². The van der Waals surface area contributed by atoms with Crippen molar-refractivity contribution in [1.29, 1.82) is 0 Å². The minimum absolute atomic E-state index is 0.0523. The molecule has 9 heteroatoms. The summed E-state index contributed by atoms with van der Waals surface area (Å²) in [7, 11) is 0. The summed E-state index contributed by atoms with van der Waals surface area (Å²) in [5.74, 6) is -0.865. The topological polar surface area (TPSA) is 81.2 Å². The maximum absolute atomic E-state index is 12.7. The molecule has 2 saturated heterocycles. The maximum Gasteiger partial charge on any atom is 0.294 e. The quantitative estimate of drug-likeness (QED) is 0.708. The van der Waals surface area contributed by atoms with E-state index in [0.29, 0.717) is 36.8 Å². The smallest absolute Gasteiger partial charge is 0.294 e. The lowest BCUT2D eigenvalue weighted by molar-refractivity contribution is -0.136. The van der Waals surface area contributed by atoms with Crippen LogP contribution in [0.2, 0.25) is 5.02 Å². The van der Waals surface area contributed by atoms with Gasteiger partial charge < -0.3 is 14.9 Å². The number of amides is 3. The number of imide groups is 1. The van der Waals surface area contributed by atoms with E-state index in [1.54, 1.807) is 4.90 Å². The number of hydrogen-bond donors (Lipinski definition) is 1. The molecule has 160 valence electrons.